The van der Waals surface area contributed by atoms with Gasteiger partial charge in [0.05, 0.1) is 0 Å². The average Bonchev–Trinajstić information content (AvgIpc) is 2.99. The summed E-state index contributed by atoms with van der Waals surface area (Å²) in [4.78, 5) is 14.1. The zero-order valence-corrected chi connectivity index (χ0v) is 14.1. The molecule has 3 atom stereocenters. The van der Waals surface area contributed by atoms with Crippen LogP contribution in [0.25, 0.3) is 0 Å². The van der Waals surface area contributed by atoms with Crippen molar-refractivity contribution in [2.24, 2.45) is 17.6 Å². The second kappa shape index (κ2) is 6.99. The lowest BCUT2D eigenvalue weighted by atomic mass is 9.98. The number of nitrogens with zero attached hydrogens (tertiary/aromatic N) is 1. The van der Waals surface area contributed by atoms with Gasteiger partial charge in [0, 0.05) is 23.6 Å². The van der Waals surface area contributed by atoms with Gasteiger partial charge in [-0.05, 0) is 42.9 Å². The maximum absolute atomic E-state index is 12.2. The largest absolute Gasteiger partial charge is 0.484 e. The zero-order valence-electron chi connectivity index (χ0n) is 11.7. The summed E-state index contributed by atoms with van der Waals surface area (Å²) in [5.41, 5.74) is 6.09. The molecule has 0 radical (unpaired) electrons. The molecule has 1 aromatic rings. The summed E-state index contributed by atoms with van der Waals surface area (Å²) >= 11 is 3.39. The first kappa shape index (κ1) is 16.6. The quantitative estimate of drug-likeness (QED) is 0.883. The highest BCUT2D eigenvalue weighted by atomic mass is 79.9. The van der Waals surface area contributed by atoms with Crippen molar-refractivity contribution in [1.29, 1.82) is 0 Å². The van der Waals surface area contributed by atoms with Gasteiger partial charge in [-0.25, -0.2) is 0 Å². The molecule has 1 saturated carbocycles. The van der Waals surface area contributed by atoms with Crippen LogP contribution < -0.4 is 10.5 Å². The molecule has 21 heavy (non-hydrogen) atoms. The Kier molecular flexibility index (Phi) is 5.52. The van der Waals surface area contributed by atoms with Gasteiger partial charge in [0.1, 0.15) is 5.75 Å². The van der Waals surface area contributed by atoms with E-state index < -0.39 is 0 Å². The lowest BCUT2D eigenvalue weighted by Gasteiger charge is -2.19. The van der Waals surface area contributed by atoms with Gasteiger partial charge in [0.25, 0.3) is 5.91 Å². The molecule has 1 aromatic carbocycles. The summed E-state index contributed by atoms with van der Waals surface area (Å²) in [6.07, 6.45) is 2.26. The van der Waals surface area contributed by atoms with E-state index in [2.05, 4.69) is 15.9 Å². The van der Waals surface area contributed by atoms with Crippen LogP contribution in [-0.2, 0) is 4.79 Å². The van der Waals surface area contributed by atoms with E-state index in [1.54, 1.807) is 0 Å². The number of rotatable bonds is 3. The number of benzene rings is 1. The lowest BCUT2D eigenvalue weighted by Crippen LogP contribution is -2.36. The third-order valence-electron chi connectivity index (χ3n) is 4.42. The number of amides is 1. The Morgan fingerprint density at radius 1 is 1.38 bits per heavy atom. The predicted octanol–water partition coefficient (Wildman–Crippen LogP) is 2.45. The van der Waals surface area contributed by atoms with Gasteiger partial charge in [0.15, 0.2) is 6.61 Å². The van der Waals surface area contributed by atoms with Gasteiger partial charge in [-0.3, -0.25) is 4.79 Å². The minimum atomic E-state index is 0. The first-order valence-electron chi connectivity index (χ1n) is 7.05. The average molecular weight is 376 g/mol. The summed E-state index contributed by atoms with van der Waals surface area (Å²) in [5.74, 6) is 1.86. The fraction of sp³-hybridized carbons (Fsp3) is 0.533. The maximum Gasteiger partial charge on any atom is 0.260 e. The highest BCUT2D eigenvalue weighted by Crippen LogP contribution is 2.37. The van der Waals surface area contributed by atoms with Gasteiger partial charge in [-0.15, -0.1) is 12.4 Å². The normalized spacial score (nSPS) is 27.1. The van der Waals surface area contributed by atoms with Gasteiger partial charge in [-0.1, -0.05) is 22.0 Å². The Morgan fingerprint density at radius 2 is 2.19 bits per heavy atom. The molecule has 3 rings (SSSR count). The Morgan fingerprint density at radius 3 is 2.90 bits per heavy atom. The van der Waals surface area contributed by atoms with Crippen molar-refractivity contribution >= 4 is 34.2 Å². The second-order valence-electron chi connectivity index (χ2n) is 5.71. The molecule has 3 unspecified atom stereocenters. The van der Waals surface area contributed by atoms with Crippen LogP contribution in [0, 0.1) is 11.8 Å². The smallest absolute Gasteiger partial charge is 0.260 e. The van der Waals surface area contributed by atoms with Crippen molar-refractivity contribution in [3.8, 4) is 5.75 Å². The van der Waals surface area contributed by atoms with Gasteiger partial charge >= 0.3 is 0 Å². The fourth-order valence-corrected chi connectivity index (χ4v) is 3.68. The maximum atomic E-state index is 12.2. The molecule has 4 nitrogen and oxygen atoms in total. The second-order valence-corrected chi connectivity index (χ2v) is 6.63. The molecular formula is C15H20BrClN2O2. The molecule has 0 spiro atoms. The van der Waals surface area contributed by atoms with Crippen LogP contribution in [-0.4, -0.2) is 36.5 Å². The lowest BCUT2D eigenvalue weighted by molar-refractivity contribution is -0.132. The number of likely N-dealkylation sites (tertiary alicyclic amines) is 1. The van der Waals surface area contributed by atoms with Crippen molar-refractivity contribution in [3.63, 3.8) is 0 Å². The molecule has 1 aliphatic heterocycles. The van der Waals surface area contributed by atoms with Gasteiger partial charge < -0.3 is 15.4 Å². The standard InChI is InChI=1S/C15H19BrN2O2.ClH/c16-11-2-1-3-12(6-11)20-9-15(19)18-7-10-4-5-14(17)13(10)8-18;/h1-3,6,10,13-14H,4-5,7-9,17H2;1H. The molecule has 0 aromatic heterocycles. The van der Waals surface area contributed by atoms with Crippen LogP contribution in [0.4, 0.5) is 0 Å². The number of nitrogens with two attached hydrogens (primary N) is 1. The van der Waals surface area contributed by atoms with Crippen LogP contribution in [0.5, 0.6) is 5.75 Å². The summed E-state index contributed by atoms with van der Waals surface area (Å²) in [7, 11) is 0. The van der Waals surface area contributed by atoms with E-state index in [-0.39, 0.29) is 31.0 Å². The predicted molar refractivity (Wildman–Crippen MR) is 87.7 cm³/mol. The molecule has 2 N–H and O–H groups in total. The minimum absolute atomic E-state index is 0. The molecular weight excluding hydrogens is 356 g/mol. The first-order chi connectivity index (χ1) is 9.63. The number of hydrogen-bond donors (Lipinski definition) is 1. The molecule has 2 aliphatic rings. The summed E-state index contributed by atoms with van der Waals surface area (Å²) in [6, 6.07) is 7.80. The Hall–Kier alpha value is -0.780. The van der Waals surface area contributed by atoms with E-state index in [0.29, 0.717) is 17.6 Å². The monoisotopic (exact) mass is 374 g/mol. The number of hydrogen-bond acceptors (Lipinski definition) is 3. The number of fused-ring (bicyclic) bond motifs is 1. The van der Waals surface area contributed by atoms with Crippen molar-refractivity contribution < 1.29 is 9.53 Å². The highest BCUT2D eigenvalue weighted by molar-refractivity contribution is 9.10. The highest BCUT2D eigenvalue weighted by Gasteiger charge is 2.42. The Labute approximate surface area is 139 Å². The van der Waals surface area contributed by atoms with Crippen LogP contribution in [0.15, 0.2) is 28.7 Å². The van der Waals surface area contributed by atoms with Crippen LogP contribution in [0.3, 0.4) is 0 Å². The van der Waals surface area contributed by atoms with Gasteiger partial charge in [0.2, 0.25) is 0 Å². The molecule has 1 heterocycles. The number of carbonyl (C=O) groups is 1. The summed E-state index contributed by atoms with van der Waals surface area (Å²) in [6.45, 7) is 1.75. The molecule has 0 bridgehead atoms. The Bertz CT molecular complexity index is 514. The van der Waals surface area contributed by atoms with E-state index >= 15 is 0 Å². The van der Waals surface area contributed by atoms with Crippen molar-refractivity contribution in [1.82, 2.24) is 4.90 Å². The van der Waals surface area contributed by atoms with Crippen molar-refractivity contribution in [3.05, 3.63) is 28.7 Å². The summed E-state index contributed by atoms with van der Waals surface area (Å²) in [5, 5.41) is 0. The van der Waals surface area contributed by atoms with E-state index in [1.807, 2.05) is 29.2 Å². The molecule has 2 fully saturated rings. The van der Waals surface area contributed by atoms with Crippen molar-refractivity contribution in [2.45, 2.75) is 18.9 Å². The number of carbonyl (C=O) groups excluding carboxylic acids is 1. The third kappa shape index (κ3) is 3.71. The van der Waals surface area contributed by atoms with Crippen molar-refractivity contribution in [2.75, 3.05) is 19.7 Å². The van der Waals surface area contributed by atoms with Crippen LogP contribution in [0.1, 0.15) is 12.8 Å². The van der Waals surface area contributed by atoms with Crippen LogP contribution >= 0.6 is 28.3 Å². The molecule has 6 heteroatoms. The third-order valence-corrected chi connectivity index (χ3v) is 4.92. The van der Waals surface area contributed by atoms with Crippen LogP contribution in [0.2, 0.25) is 0 Å². The first-order valence-corrected chi connectivity index (χ1v) is 7.84. The zero-order chi connectivity index (χ0) is 14.1. The van der Waals surface area contributed by atoms with E-state index in [4.69, 9.17) is 10.5 Å². The SMILES string of the molecule is Cl.NC1CCC2CN(C(=O)COc3cccc(Br)c3)CC12. The molecule has 116 valence electrons. The number of ether oxygens (including phenoxy) is 1. The number of halogens is 2. The van der Waals surface area contributed by atoms with E-state index in [0.717, 1.165) is 30.4 Å². The van der Waals surface area contributed by atoms with E-state index in [1.165, 1.54) is 0 Å². The van der Waals surface area contributed by atoms with Gasteiger partial charge in [-0.2, -0.15) is 0 Å². The molecule has 1 saturated heterocycles. The minimum Gasteiger partial charge on any atom is -0.484 e. The van der Waals surface area contributed by atoms with E-state index in [9.17, 15) is 4.79 Å². The molecule has 1 aliphatic carbocycles. The Balaban J connectivity index is 0.00000161. The molecule has 1 amide bonds. The topological polar surface area (TPSA) is 55.6 Å². The fourth-order valence-electron chi connectivity index (χ4n) is 3.30. The summed E-state index contributed by atoms with van der Waals surface area (Å²) < 4.78 is 6.51.